The Balaban J connectivity index is 1.97. The lowest BCUT2D eigenvalue weighted by molar-refractivity contribution is 0.415. The van der Waals surface area contributed by atoms with E-state index in [9.17, 15) is 0 Å². The maximum Gasteiger partial charge on any atom is 0.258 e. The summed E-state index contributed by atoms with van der Waals surface area (Å²) < 4.78 is 5.40. The highest BCUT2D eigenvalue weighted by atomic mass is 16.5. The largest absolute Gasteiger partial charge is 0.334 e. The van der Waals surface area contributed by atoms with Crippen LogP contribution in [0.4, 0.5) is 0 Å². The van der Waals surface area contributed by atoms with Gasteiger partial charge in [-0.05, 0) is 37.4 Å². The van der Waals surface area contributed by atoms with E-state index in [0.29, 0.717) is 12.4 Å². The lowest BCUT2D eigenvalue weighted by Gasteiger charge is -2.03. The maximum absolute atomic E-state index is 5.63. The summed E-state index contributed by atoms with van der Waals surface area (Å²) in [6, 6.07) is 8.06. The second-order valence-electron chi connectivity index (χ2n) is 5.18. The van der Waals surface area contributed by atoms with Gasteiger partial charge in [-0.15, -0.1) is 0 Å². The number of benzene rings is 1. The third-order valence-corrected chi connectivity index (χ3v) is 3.63. The van der Waals surface area contributed by atoms with Gasteiger partial charge in [-0.25, -0.2) is 0 Å². The monoisotopic (exact) mass is 243 g/mol. The Hall–Kier alpha value is -1.68. The van der Waals surface area contributed by atoms with Crippen molar-refractivity contribution in [2.24, 2.45) is 5.73 Å². The Morgan fingerprint density at radius 1 is 1.33 bits per heavy atom. The second-order valence-corrected chi connectivity index (χ2v) is 5.18. The molecule has 0 aliphatic heterocycles. The molecule has 0 radical (unpaired) electrons. The van der Waals surface area contributed by atoms with Crippen molar-refractivity contribution in [1.82, 2.24) is 10.1 Å². The van der Waals surface area contributed by atoms with E-state index in [1.807, 2.05) is 18.2 Å². The van der Waals surface area contributed by atoms with E-state index in [0.717, 1.165) is 36.2 Å². The van der Waals surface area contributed by atoms with Gasteiger partial charge in [0.15, 0.2) is 5.82 Å². The Bertz CT molecular complexity index is 558. The van der Waals surface area contributed by atoms with Crippen LogP contribution in [0.5, 0.6) is 0 Å². The van der Waals surface area contributed by atoms with Crippen LogP contribution < -0.4 is 5.73 Å². The minimum atomic E-state index is 0.143. The number of aromatic nitrogens is 2. The van der Waals surface area contributed by atoms with Crippen LogP contribution in [0.15, 0.2) is 28.8 Å². The van der Waals surface area contributed by atoms with Crippen LogP contribution in [0.2, 0.25) is 0 Å². The number of hydrogen-bond donors (Lipinski definition) is 1. The molecular formula is C14H17N3O. The average molecular weight is 243 g/mol. The van der Waals surface area contributed by atoms with Gasteiger partial charge in [0.1, 0.15) is 0 Å². The minimum absolute atomic E-state index is 0.143. The first-order valence-electron chi connectivity index (χ1n) is 6.35. The summed E-state index contributed by atoms with van der Waals surface area (Å²) >= 11 is 0. The summed E-state index contributed by atoms with van der Waals surface area (Å²) in [6.07, 6.45) is 3.12. The van der Waals surface area contributed by atoms with Crippen molar-refractivity contribution in [3.63, 3.8) is 0 Å². The van der Waals surface area contributed by atoms with Gasteiger partial charge in [0, 0.05) is 11.0 Å². The van der Waals surface area contributed by atoms with E-state index in [1.165, 1.54) is 0 Å². The zero-order valence-electron chi connectivity index (χ0n) is 10.5. The molecule has 4 heteroatoms. The molecular weight excluding hydrogens is 226 g/mol. The average Bonchev–Trinajstić information content (AvgIpc) is 2.95. The van der Waals surface area contributed by atoms with Crippen molar-refractivity contribution in [2.75, 3.05) is 6.54 Å². The third-order valence-electron chi connectivity index (χ3n) is 3.63. The van der Waals surface area contributed by atoms with Crippen molar-refractivity contribution >= 4 is 0 Å². The zero-order chi connectivity index (χ0) is 12.6. The molecule has 0 unspecified atom stereocenters. The van der Waals surface area contributed by atoms with Crippen molar-refractivity contribution in [1.29, 1.82) is 0 Å². The van der Waals surface area contributed by atoms with E-state index >= 15 is 0 Å². The maximum atomic E-state index is 5.63. The molecule has 18 heavy (non-hydrogen) atoms. The highest BCUT2D eigenvalue weighted by molar-refractivity contribution is 5.58. The summed E-state index contributed by atoms with van der Waals surface area (Å²) in [7, 11) is 0. The molecule has 0 spiro atoms. The van der Waals surface area contributed by atoms with Crippen LogP contribution in [0.25, 0.3) is 11.5 Å². The molecule has 1 aliphatic carbocycles. The molecule has 0 saturated heterocycles. The molecule has 94 valence electrons. The molecule has 1 heterocycles. The van der Waals surface area contributed by atoms with E-state index in [2.05, 4.69) is 23.1 Å². The predicted octanol–water partition coefficient (Wildman–Crippen LogP) is 2.29. The zero-order valence-corrected chi connectivity index (χ0v) is 10.5. The smallest absolute Gasteiger partial charge is 0.258 e. The normalized spacial score (nSPS) is 16.8. The first kappa shape index (κ1) is 11.4. The fourth-order valence-corrected chi connectivity index (χ4v) is 2.09. The van der Waals surface area contributed by atoms with Crippen LogP contribution >= 0.6 is 0 Å². The molecule has 2 N–H and O–H groups in total. The van der Waals surface area contributed by atoms with Crippen molar-refractivity contribution in [2.45, 2.75) is 31.6 Å². The standard InChI is InChI=1S/C14H17N3O/c1-14(7-8-14)13-16-12(18-17-13)11-5-3-2-4-10(11)6-9-15/h2-5H,6-9,15H2,1H3. The minimum Gasteiger partial charge on any atom is -0.334 e. The van der Waals surface area contributed by atoms with Crippen LogP contribution in [0.1, 0.15) is 31.2 Å². The Labute approximate surface area is 106 Å². The predicted molar refractivity (Wildman–Crippen MR) is 69.1 cm³/mol. The van der Waals surface area contributed by atoms with Gasteiger partial charge in [0.2, 0.25) is 0 Å². The summed E-state index contributed by atoms with van der Waals surface area (Å²) in [6.45, 7) is 2.79. The summed E-state index contributed by atoms with van der Waals surface area (Å²) in [5.41, 5.74) is 7.94. The van der Waals surface area contributed by atoms with E-state index < -0.39 is 0 Å². The number of hydrogen-bond acceptors (Lipinski definition) is 4. The molecule has 4 nitrogen and oxygen atoms in total. The summed E-state index contributed by atoms with van der Waals surface area (Å²) in [4.78, 5) is 4.54. The lowest BCUT2D eigenvalue weighted by Crippen LogP contribution is -2.04. The van der Waals surface area contributed by atoms with E-state index in [1.54, 1.807) is 0 Å². The van der Waals surface area contributed by atoms with Gasteiger partial charge in [0.25, 0.3) is 5.89 Å². The van der Waals surface area contributed by atoms with Gasteiger partial charge < -0.3 is 10.3 Å². The summed E-state index contributed by atoms with van der Waals surface area (Å²) in [5, 5.41) is 4.11. The molecule has 1 aromatic heterocycles. The number of nitrogens with zero attached hydrogens (tertiary/aromatic N) is 2. The second kappa shape index (κ2) is 4.21. The molecule has 1 fully saturated rings. The van der Waals surface area contributed by atoms with Gasteiger partial charge >= 0.3 is 0 Å². The van der Waals surface area contributed by atoms with Gasteiger partial charge in [-0.3, -0.25) is 0 Å². The fraction of sp³-hybridized carbons (Fsp3) is 0.429. The Morgan fingerprint density at radius 2 is 2.11 bits per heavy atom. The van der Waals surface area contributed by atoms with Gasteiger partial charge in [-0.2, -0.15) is 4.98 Å². The number of rotatable bonds is 4. The van der Waals surface area contributed by atoms with Gasteiger partial charge in [-0.1, -0.05) is 30.3 Å². The topological polar surface area (TPSA) is 64.9 Å². The Morgan fingerprint density at radius 3 is 2.83 bits per heavy atom. The van der Waals surface area contributed by atoms with Crippen LogP contribution in [-0.4, -0.2) is 16.7 Å². The molecule has 0 amide bonds. The first-order chi connectivity index (χ1) is 8.73. The molecule has 1 aromatic carbocycles. The van der Waals surface area contributed by atoms with Crippen LogP contribution in [-0.2, 0) is 11.8 Å². The van der Waals surface area contributed by atoms with Crippen LogP contribution in [0, 0.1) is 0 Å². The lowest BCUT2D eigenvalue weighted by atomic mass is 10.0. The molecule has 2 aromatic rings. The van der Waals surface area contributed by atoms with Crippen LogP contribution in [0.3, 0.4) is 0 Å². The highest BCUT2D eigenvalue weighted by Gasteiger charge is 2.43. The van der Waals surface area contributed by atoms with E-state index in [4.69, 9.17) is 10.3 Å². The molecule has 0 atom stereocenters. The fourth-order valence-electron chi connectivity index (χ4n) is 2.09. The number of nitrogens with two attached hydrogens (primary N) is 1. The van der Waals surface area contributed by atoms with E-state index in [-0.39, 0.29) is 5.41 Å². The van der Waals surface area contributed by atoms with Gasteiger partial charge in [0.05, 0.1) is 0 Å². The summed E-state index contributed by atoms with van der Waals surface area (Å²) in [5.74, 6) is 1.45. The van der Waals surface area contributed by atoms with Crippen molar-refractivity contribution in [3.8, 4) is 11.5 Å². The third kappa shape index (κ3) is 1.93. The highest BCUT2D eigenvalue weighted by Crippen LogP contribution is 2.46. The Kier molecular flexibility index (Phi) is 2.67. The molecule has 1 saturated carbocycles. The SMILES string of the molecule is CC1(c2noc(-c3ccccc3CCN)n2)CC1. The quantitative estimate of drug-likeness (QED) is 0.894. The molecule has 0 bridgehead atoms. The molecule has 1 aliphatic rings. The molecule has 3 rings (SSSR count). The first-order valence-corrected chi connectivity index (χ1v) is 6.35. The van der Waals surface area contributed by atoms with Crippen molar-refractivity contribution < 1.29 is 4.52 Å². The van der Waals surface area contributed by atoms with Crippen molar-refractivity contribution in [3.05, 3.63) is 35.7 Å².